The van der Waals surface area contributed by atoms with Crippen LogP contribution in [0.15, 0.2) is 54.2 Å². The van der Waals surface area contributed by atoms with Crippen LogP contribution in [0.3, 0.4) is 0 Å². The van der Waals surface area contributed by atoms with E-state index in [9.17, 15) is 10.1 Å². The van der Waals surface area contributed by atoms with Crippen LogP contribution in [0.2, 0.25) is 5.02 Å². The number of aryl methyl sites for hydroxylation is 1. The van der Waals surface area contributed by atoms with Gasteiger partial charge in [0, 0.05) is 24.1 Å². The Bertz CT molecular complexity index is 872. The number of hydrogen-bond acceptors (Lipinski definition) is 4. The number of rotatable bonds is 6. The lowest BCUT2D eigenvalue weighted by molar-refractivity contribution is -0.112. The van der Waals surface area contributed by atoms with Crippen LogP contribution in [0, 0.1) is 18.3 Å². The lowest BCUT2D eigenvalue weighted by Crippen LogP contribution is -2.20. The molecule has 0 aliphatic carbocycles. The fraction of sp³-hybridized carbons (Fsp3) is 0.200. The first-order chi connectivity index (χ1) is 12.5. The maximum atomic E-state index is 12.5. The molecule has 0 heterocycles. The third-order valence-electron chi connectivity index (χ3n) is 3.73. The second-order valence-corrected chi connectivity index (χ2v) is 5.99. The molecule has 26 heavy (non-hydrogen) atoms. The van der Waals surface area contributed by atoms with Crippen molar-refractivity contribution >= 4 is 28.9 Å². The second kappa shape index (κ2) is 8.93. The zero-order valence-electron chi connectivity index (χ0n) is 14.9. The predicted molar refractivity (Wildman–Crippen MR) is 105 cm³/mol. The normalized spacial score (nSPS) is 10.8. The number of nitriles is 1. The fourth-order valence-corrected chi connectivity index (χ4v) is 2.65. The minimum Gasteiger partial charge on any atom is -0.495 e. The van der Waals surface area contributed by atoms with E-state index in [0.717, 1.165) is 11.3 Å². The molecule has 0 saturated heterocycles. The van der Waals surface area contributed by atoms with Crippen molar-refractivity contribution in [3.05, 3.63) is 64.8 Å². The highest BCUT2D eigenvalue weighted by molar-refractivity contribution is 6.32. The SMILES string of the molecule is CCN(/C=C(/C#N)C(=O)Nc1ccc(OC)c(Cl)c1)c1cccc(C)c1. The molecule has 0 fully saturated rings. The minimum absolute atomic E-state index is 0.000275. The molecular weight excluding hydrogens is 350 g/mol. The first kappa shape index (κ1) is 19.4. The summed E-state index contributed by atoms with van der Waals surface area (Å²) in [6, 6.07) is 14.7. The summed E-state index contributed by atoms with van der Waals surface area (Å²) in [6.45, 7) is 4.57. The number of methoxy groups -OCH3 is 1. The lowest BCUT2D eigenvalue weighted by Gasteiger charge is -2.19. The standard InChI is InChI=1S/C20H20ClN3O2/c1-4-24(17-7-5-6-14(2)10-17)13-15(12-22)20(25)23-16-8-9-19(26-3)18(21)11-16/h5-11,13H,4H2,1-3H3,(H,23,25)/b15-13-. The number of carbonyl (C=O) groups excluding carboxylic acids is 1. The van der Waals surface area contributed by atoms with Crippen LogP contribution in [-0.4, -0.2) is 19.6 Å². The first-order valence-electron chi connectivity index (χ1n) is 8.08. The lowest BCUT2D eigenvalue weighted by atomic mass is 10.2. The van der Waals surface area contributed by atoms with Crippen molar-refractivity contribution in [3.8, 4) is 11.8 Å². The van der Waals surface area contributed by atoms with Gasteiger partial charge in [-0.3, -0.25) is 4.79 Å². The molecule has 1 N–H and O–H groups in total. The van der Waals surface area contributed by atoms with Gasteiger partial charge in [0.25, 0.3) is 5.91 Å². The monoisotopic (exact) mass is 369 g/mol. The Hall–Kier alpha value is -2.97. The number of amides is 1. The number of halogens is 1. The van der Waals surface area contributed by atoms with E-state index in [1.165, 1.54) is 7.11 Å². The Morgan fingerprint density at radius 3 is 2.69 bits per heavy atom. The zero-order valence-corrected chi connectivity index (χ0v) is 15.7. The van der Waals surface area contributed by atoms with Crippen LogP contribution in [0.5, 0.6) is 5.75 Å². The van der Waals surface area contributed by atoms with Gasteiger partial charge in [-0.2, -0.15) is 5.26 Å². The first-order valence-corrected chi connectivity index (χ1v) is 8.46. The molecule has 6 heteroatoms. The molecule has 134 valence electrons. The summed E-state index contributed by atoms with van der Waals surface area (Å²) < 4.78 is 5.08. The van der Waals surface area contributed by atoms with Crippen molar-refractivity contribution in [2.45, 2.75) is 13.8 Å². The van der Waals surface area contributed by atoms with E-state index in [-0.39, 0.29) is 5.57 Å². The van der Waals surface area contributed by atoms with Crippen molar-refractivity contribution in [2.24, 2.45) is 0 Å². The predicted octanol–water partition coefficient (Wildman–Crippen LogP) is 4.53. The summed E-state index contributed by atoms with van der Waals surface area (Å²) in [5.41, 5.74) is 2.51. The summed E-state index contributed by atoms with van der Waals surface area (Å²) in [6.07, 6.45) is 1.55. The van der Waals surface area contributed by atoms with E-state index in [0.29, 0.717) is 23.0 Å². The molecule has 0 aromatic heterocycles. The van der Waals surface area contributed by atoms with Crippen LogP contribution < -0.4 is 15.0 Å². The Balaban J connectivity index is 2.23. The van der Waals surface area contributed by atoms with Crippen LogP contribution in [0.1, 0.15) is 12.5 Å². The Kier molecular flexibility index (Phi) is 6.65. The largest absolute Gasteiger partial charge is 0.495 e. The summed E-state index contributed by atoms with van der Waals surface area (Å²) in [5.74, 6) is 0.0113. The average molecular weight is 370 g/mol. The summed E-state index contributed by atoms with van der Waals surface area (Å²) >= 11 is 6.06. The van der Waals surface area contributed by atoms with Crippen LogP contribution in [-0.2, 0) is 4.79 Å². The van der Waals surface area contributed by atoms with Gasteiger partial charge < -0.3 is 15.0 Å². The van der Waals surface area contributed by atoms with Gasteiger partial charge in [-0.1, -0.05) is 23.7 Å². The molecule has 0 saturated carbocycles. The van der Waals surface area contributed by atoms with Crippen LogP contribution in [0.25, 0.3) is 0 Å². The van der Waals surface area contributed by atoms with Gasteiger partial charge in [0.2, 0.25) is 0 Å². The quantitative estimate of drug-likeness (QED) is 0.600. The van der Waals surface area contributed by atoms with Gasteiger partial charge >= 0.3 is 0 Å². The Morgan fingerprint density at radius 1 is 1.35 bits per heavy atom. The van der Waals surface area contributed by atoms with E-state index in [4.69, 9.17) is 16.3 Å². The molecule has 0 aliphatic rings. The van der Waals surface area contributed by atoms with Crippen LogP contribution >= 0.6 is 11.6 Å². The third-order valence-corrected chi connectivity index (χ3v) is 4.03. The molecule has 0 bridgehead atoms. The molecule has 5 nitrogen and oxygen atoms in total. The molecule has 1 amide bonds. The number of nitrogens with one attached hydrogen (secondary N) is 1. The minimum atomic E-state index is -0.500. The maximum absolute atomic E-state index is 12.5. The highest BCUT2D eigenvalue weighted by Gasteiger charge is 2.13. The van der Waals surface area contributed by atoms with Crippen LogP contribution in [0.4, 0.5) is 11.4 Å². The van der Waals surface area contributed by atoms with Crippen molar-refractivity contribution in [2.75, 3.05) is 23.9 Å². The van der Waals surface area contributed by atoms with E-state index < -0.39 is 5.91 Å². The molecule has 0 atom stereocenters. The van der Waals surface area contributed by atoms with Crippen molar-refractivity contribution in [3.63, 3.8) is 0 Å². The van der Waals surface area contributed by atoms with Gasteiger partial charge in [0.1, 0.15) is 17.4 Å². The summed E-state index contributed by atoms with van der Waals surface area (Å²) in [5, 5.41) is 12.5. The van der Waals surface area contributed by atoms with E-state index in [2.05, 4.69) is 5.32 Å². The van der Waals surface area contributed by atoms with E-state index in [1.807, 2.05) is 49.1 Å². The molecular formula is C20H20ClN3O2. The number of hydrogen-bond donors (Lipinski definition) is 1. The highest BCUT2D eigenvalue weighted by Crippen LogP contribution is 2.27. The summed E-state index contributed by atoms with van der Waals surface area (Å²) in [4.78, 5) is 14.3. The third kappa shape index (κ3) is 4.78. The van der Waals surface area contributed by atoms with Crippen molar-refractivity contribution < 1.29 is 9.53 Å². The van der Waals surface area contributed by atoms with Crippen molar-refractivity contribution in [1.82, 2.24) is 0 Å². The number of anilines is 2. The topological polar surface area (TPSA) is 65.4 Å². The molecule has 2 aromatic rings. The number of nitrogens with zero attached hydrogens (tertiary/aromatic N) is 2. The smallest absolute Gasteiger partial charge is 0.267 e. The van der Waals surface area contributed by atoms with Gasteiger partial charge in [0.05, 0.1) is 12.1 Å². The average Bonchev–Trinajstić information content (AvgIpc) is 2.62. The van der Waals surface area contributed by atoms with Gasteiger partial charge in [-0.25, -0.2) is 0 Å². The Labute approximate surface area is 158 Å². The maximum Gasteiger partial charge on any atom is 0.267 e. The molecule has 0 radical (unpaired) electrons. The summed E-state index contributed by atoms with van der Waals surface area (Å²) in [7, 11) is 1.51. The van der Waals surface area contributed by atoms with E-state index in [1.54, 1.807) is 24.4 Å². The van der Waals surface area contributed by atoms with Gasteiger partial charge in [-0.15, -0.1) is 0 Å². The van der Waals surface area contributed by atoms with Gasteiger partial charge in [-0.05, 0) is 49.7 Å². The molecule has 2 aromatic carbocycles. The molecule has 0 spiro atoms. The molecule has 0 unspecified atom stereocenters. The molecule has 0 aliphatic heterocycles. The van der Waals surface area contributed by atoms with Crippen molar-refractivity contribution in [1.29, 1.82) is 5.26 Å². The molecule has 2 rings (SSSR count). The fourth-order valence-electron chi connectivity index (χ4n) is 2.39. The zero-order chi connectivity index (χ0) is 19.1. The number of benzene rings is 2. The Morgan fingerprint density at radius 2 is 2.12 bits per heavy atom. The van der Waals surface area contributed by atoms with E-state index >= 15 is 0 Å². The van der Waals surface area contributed by atoms with Gasteiger partial charge in [0.15, 0.2) is 0 Å². The second-order valence-electron chi connectivity index (χ2n) is 5.58. The number of ether oxygens (including phenoxy) is 1. The highest BCUT2D eigenvalue weighted by atomic mass is 35.5. The number of carbonyl (C=O) groups is 1.